The Morgan fingerprint density at radius 2 is 2.05 bits per heavy atom. The first-order chi connectivity index (χ1) is 9.10. The van der Waals surface area contributed by atoms with E-state index in [0.717, 1.165) is 30.0 Å². The highest BCUT2D eigenvalue weighted by atomic mass is 32.2. The predicted molar refractivity (Wildman–Crippen MR) is 78.8 cm³/mol. The minimum Gasteiger partial charge on any atom is -0.397 e. The van der Waals surface area contributed by atoms with Crippen molar-refractivity contribution in [1.29, 1.82) is 0 Å². The Morgan fingerprint density at radius 3 is 2.68 bits per heavy atom. The molecule has 4 N–H and O–H groups in total. The van der Waals surface area contributed by atoms with Crippen molar-refractivity contribution < 1.29 is 9.00 Å². The van der Waals surface area contributed by atoms with Gasteiger partial charge in [-0.1, -0.05) is 0 Å². The maximum Gasteiger partial charge on any atom is 0.251 e. The molecule has 1 amide bonds. The quantitative estimate of drug-likeness (QED) is 0.720. The smallest absolute Gasteiger partial charge is 0.251 e. The first kappa shape index (κ1) is 13.9. The van der Waals surface area contributed by atoms with Gasteiger partial charge in [-0.2, -0.15) is 0 Å². The lowest BCUT2D eigenvalue weighted by Crippen LogP contribution is -2.29. The van der Waals surface area contributed by atoms with Gasteiger partial charge < -0.3 is 16.4 Å². The fourth-order valence-corrected chi connectivity index (χ4v) is 3.42. The van der Waals surface area contributed by atoms with Crippen molar-refractivity contribution in [1.82, 2.24) is 5.32 Å². The van der Waals surface area contributed by atoms with E-state index >= 15 is 0 Å². The zero-order valence-electron chi connectivity index (χ0n) is 10.9. The molecule has 0 aromatic heterocycles. The summed E-state index contributed by atoms with van der Waals surface area (Å²) < 4.78 is 11.3. The van der Waals surface area contributed by atoms with Crippen molar-refractivity contribution in [3.05, 3.63) is 23.8 Å². The van der Waals surface area contributed by atoms with Crippen LogP contribution in [0.25, 0.3) is 0 Å². The van der Waals surface area contributed by atoms with Crippen LogP contribution < -0.4 is 16.4 Å². The number of carbonyl (C=O) groups is 1. The highest BCUT2D eigenvalue weighted by Gasteiger charge is 2.18. The average molecular weight is 281 g/mol. The summed E-state index contributed by atoms with van der Waals surface area (Å²) >= 11 is 0. The summed E-state index contributed by atoms with van der Waals surface area (Å²) in [7, 11) is 0.927. The number of hydrogen-bond acceptors (Lipinski definition) is 4. The van der Waals surface area contributed by atoms with Gasteiger partial charge in [0.2, 0.25) is 0 Å². The molecule has 1 aliphatic heterocycles. The van der Waals surface area contributed by atoms with E-state index in [2.05, 4.69) is 10.6 Å². The van der Waals surface area contributed by atoms with E-state index in [1.54, 1.807) is 25.2 Å². The van der Waals surface area contributed by atoms with Crippen molar-refractivity contribution in [2.75, 3.05) is 29.6 Å². The molecule has 0 spiro atoms. The second-order valence-electron chi connectivity index (χ2n) is 4.65. The van der Waals surface area contributed by atoms with E-state index in [-0.39, 0.29) is 11.9 Å². The van der Waals surface area contributed by atoms with Gasteiger partial charge in [-0.25, -0.2) is 0 Å². The number of carbonyl (C=O) groups excluding carboxylic acids is 1. The van der Waals surface area contributed by atoms with Gasteiger partial charge in [0.25, 0.3) is 5.91 Å². The normalized spacial score (nSPS) is 22.8. The average Bonchev–Trinajstić information content (AvgIpc) is 2.43. The first-order valence-corrected chi connectivity index (χ1v) is 7.82. The van der Waals surface area contributed by atoms with E-state index in [4.69, 9.17) is 5.73 Å². The Kier molecular flexibility index (Phi) is 4.42. The molecule has 0 atom stereocenters. The molecule has 19 heavy (non-hydrogen) atoms. The topological polar surface area (TPSA) is 84.2 Å². The van der Waals surface area contributed by atoms with E-state index in [9.17, 15) is 9.00 Å². The molecule has 1 aromatic carbocycles. The Morgan fingerprint density at radius 1 is 1.37 bits per heavy atom. The first-order valence-electron chi connectivity index (χ1n) is 6.33. The van der Waals surface area contributed by atoms with Crippen LogP contribution in [0.15, 0.2) is 18.2 Å². The van der Waals surface area contributed by atoms with Gasteiger partial charge in [-0.05, 0) is 31.0 Å². The van der Waals surface area contributed by atoms with Crippen molar-refractivity contribution in [3.8, 4) is 0 Å². The molecule has 0 bridgehead atoms. The molecule has 5 nitrogen and oxygen atoms in total. The number of amides is 1. The highest BCUT2D eigenvalue weighted by Crippen LogP contribution is 2.23. The molecule has 6 heteroatoms. The third kappa shape index (κ3) is 3.47. The van der Waals surface area contributed by atoms with E-state index in [1.165, 1.54) is 0 Å². The Bertz CT molecular complexity index is 495. The Balaban J connectivity index is 2.10. The SMILES string of the molecule is CNC(=O)c1ccc(N)c(NC2CCS(=O)CC2)c1. The van der Waals surface area contributed by atoms with Crippen LogP contribution in [0.2, 0.25) is 0 Å². The summed E-state index contributed by atoms with van der Waals surface area (Å²) in [5.74, 6) is 1.33. The molecule has 0 unspecified atom stereocenters. The van der Waals surface area contributed by atoms with Crippen LogP contribution in [-0.4, -0.2) is 34.7 Å². The third-order valence-electron chi connectivity index (χ3n) is 3.29. The van der Waals surface area contributed by atoms with Crippen molar-refractivity contribution in [2.24, 2.45) is 0 Å². The van der Waals surface area contributed by atoms with Crippen LogP contribution in [0.4, 0.5) is 11.4 Å². The highest BCUT2D eigenvalue weighted by molar-refractivity contribution is 7.85. The zero-order valence-corrected chi connectivity index (χ0v) is 11.8. The summed E-state index contributed by atoms with van der Waals surface area (Å²) in [6.45, 7) is 0. The van der Waals surface area contributed by atoms with E-state index in [0.29, 0.717) is 11.3 Å². The van der Waals surface area contributed by atoms with Crippen LogP contribution in [0, 0.1) is 0 Å². The summed E-state index contributed by atoms with van der Waals surface area (Å²) in [6, 6.07) is 5.48. The molecule has 1 saturated heterocycles. The number of benzene rings is 1. The minimum atomic E-state index is -0.673. The monoisotopic (exact) mass is 281 g/mol. The lowest BCUT2D eigenvalue weighted by molar-refractivity contribution is 0.0963. The van der Waals surface area contributed by atoms with Crippen LogP contribution in [-0.2, 0) is 10.8 Å². The maximum absolute atomic E-state index is 11.6. The molecule has 0 aliphatic carbocycles. The predicted octanol–water partition coefficient (Wildman–Crippen LogP) is 0.951. The largest absolute Gasteiger partial charge is 0.397 e. The van der Waals surface area contributed by atoms with Gasteiger partial charge >= 0.3 is 0 Å². The van der Waals surface area contributed by atoms with E-state index < -0.39 is 10.8 Å². The van der Waals surface area contributed by atoms with Gasteiger partial charge in [0.1, 0.15) is 0 Å². The van der Waals surface area contributed by atoms with Crippen molar-refractivity contribution >= 4 is 28.1 Å². The van der Waals surface area contributed by atoms with Gasteiger partial charge in [0.15, 0.2) is 0 Å². The fourth-order valence-electron chi connectivity index (χ4n) is 2.12. The summed E-state index contributed by atoms with van der Waals surface area (Å²) in [6.07, 6.45) is 1.74. The number of nitrogen functional groups attached to an aromatic ring is 1. The van der Waals surface area contributed by atoms with E-state index in [1.807, 2.05) is 0 Å². The number of anilines is 2. The molecular weight excluding hydrogens is 262 g/mol. The molecule has 1 heterocycles. The molecule has 1 aliphatic rings. The molecule has 0 saturated carbocycles. The number of hydrogen-bond donors (Lipinski definition) is 3. The molecule has 2 rings (SSSR count). The Labute approximate surface area is 115 Å². The molecule has 1 fully saturated rings. The van der Waals surface area contributed by atoms with Crippen LogP contribution in [0.5, 0.6) is 0 Å². The van der Waals surface area contributed by atoms with Crippen LogP contribution in [0.1, 0.15) is 23.2 Å². The molecular formula is C13H19N3O2S. The Hall–Kier alpha value is -1.56. The maximum atomic E-state index is 11.6. The summed E-state index contributed by atoms with van der Waals surface area (Å²) in [4.78, 5) is 11.6. The van der Waals surface area contributed by atoms with Gasteiger partial charge in [0.05, 0.1) is 11.4 Å². The van der Waals surface area contributed by atoms with Crippen LogP contribution >= 0.6 is 0 Å². The second-order valence-corrected chi connectivity index (χ2v) is 6.34. The number of nitrogens with two attached hydrogens (primary N) is 1. The second kappa shape index (κ2) is 6.06. The fraction of sp³-hybridized carbons (Fsp3) is 0.462. The van der Waals surface area contributed by atoms with Crippen molar-refractivity contribution in [2.45, 2.75) is 18.9 Å². The molecule has 0 radical (unpaired) electrons. The standard InChI is InChI=1S/C13H19N3O2S/c1-15-13(17)9-2-3-11(14)12(8-9)16-10-4-6-19(18)7-5-10/h2-3,8,10,16H,4-7,14H2,1H3,(H,15,17). The number of nitrogens with one attached hydrogen (secondary N) is 2. The van der Waals surface area contributed by atoms with Gasteiger partial charge in [-0.15, -0.1) is 0 Å². The minimum absolute atomic E-state index is 0.132. The van der Waals surface area contributed by atoms with Gasteiger partial charge in [-0.3, -0.25) is 9.00 Å². The van der Waals surface area contributed by atoms with Crippen LogP contribution in [0.3, 0.4) is 0 Å². The lowest BCUT2D eigenvalue weighted by atomic mass is 10.1. The zero-order chi connectivity index (χ0) is 13.8. The summed E-state index contributed by atoms with van der Waals surface area (Å²) in [5.41, 5.74) is 7.90. The van der Waals surface area contributed by atoms with Gasteiger partial charge in [0, 0.05) is 41.0 Å². The summed E-state index contributed by atoms with van der Waals surface area (Å²) in [5, 5.41) is 5.94. The molecule has 1 aromatic rings. The lowest BCUT2D eigenvalue weighted by Gasteiger charge is -2.24. The third-order valence-corrected chi connectivity index (χ3v) is 4.67. The van der Waals surface area contributed by atoms with Crippen molar-refractivity contribution in [3.63, 3.8) is 0 Å². The molecule has 104 valence electrons. The number of rotatable bonds is 3.